The molecule has 1 rings (SSSR count). The Bertz CT molecular complexity index is 332. The first-order valence-corrected chi connectivity index (χ1v) is 3.34. The van der Waals surface area contributed by atoms with Crippen molar-refractivity contribution < 1.29 is 9.94 Å². The molecule has 0 fully saturated rings. The van der Waals surface area contributed by atoms with E-state index < -0.39 is 0 Å². The van der Waals surface area contributed by atoms with E-state index in [1.807, 2.05) is 0 Å². The highest BCUT2D eigenvalue weighted by molar-refractivity contribution is 5.51. The summed E-state index contributed by atoms with van der Waals surface area (Å²) in [5.41, 5.74) is 2.01. The van der Waals surface area contributed by atoms with E-state index in [2.05, 4.69) is 10.3 Å². The third kappa shape index (κ3) is 1.40. The van der Waals surface area contributed by atoms with Crippen LogP contribution in [0.15, 0.2) is 17.1 Å². The highest BCUT2D eigenvalue weighted by Gasteiger charge is 2.05. The van der Waals surface area contributed by atoms with Gasteiger partial charge in [-0.15, -0.1) is 0 Å². The van der Waals surface area contributed by atoms with Crippen LogP contribution in [0.25, 0.3) is 0 Å². The Morgan fingerprint density at radius 1 is 1.67 bits per heavy atom. The summed E-state index contributed by atoms with van der Waals surface area (Å²) in [6, 6.07) is 1.41. The number of anilines is 1. The topological polar surface area (TPSA) is 63.5 Å². The van der Waals surface area contributed by atoms with Crippen LogP contribution in [0.2, 0.25) is 0 Å². The Labute approximate surface area is 69.2 Å². The number of rotatable bonds is 2. The molecule has 0 aliphatic rings. The molecule has 66 valence electrons. The highest BCUT2D eigenvalue weighted by atomic mass is 16.6. The van der Waals surface area contributed by atoms with Crippen LogP contribution in [-0.4, -0.2) is 16.8 Å². The van der Waals surface area contributed by atoms with E-state index in [1.54, 1.807) is 7.05 Å². The van der Waals surface area contributed by atoms with Crippen molar-refractivity contribution in [2.45, 2.75) is 0 Å². The minimum absolute atomic E-state index is 0.0440. The van der Waals surface area contributed by atoms with Crippen LogP contribution in [0.1, 0.15) is 0 Å². The zero-order valence-corrected chi connectivity index (χ0v) is 6.87. The average Bonchev–Trinajstić information content (AvgIpc) is 2.06. The van der Waals surface area contributed by atoms with E-state index in [9.17, 15) is 9.90 Å². The van der Waals surface area contributed by atoms with Crippen LogP contribution < -0.4 is 11.0 Å². The van der Waals surface area contributed by atoms with Gasteiger partial charge in [0.25, 0.3) is 5.56 Å². The Hall–Kier alpha value is -1.49. The summed E-state index contributed by atoms with van der Waals surface area (Å²) in [6.07, 6.45) is 1.47. The first kappa shape index (κ1) is 8.61. The van der Waals surface area contributed by atoms with Gasteiger partial charge in [-0.2, -0.15) is 0 Å². The van der Waals surface area contributed by atoms with Gasteiger partial charge in [0.15, 0.2) is 5.69 Å². The first-order valence-electron chi connectivity index (χ1n) is 3.34. The molecule has 1 aromatic rings. The second-order valence-corrected chi connectivity index (χ2v) is 2.30. The van der Waals surface area contributed by atoms with Gasteiger partial charge in [0, 0.05) is 13.2 Å². The quantitative estimate of drug-likeness (QED) is 0.616. The number of aromatic nitrogens is 1. The molecule has 5 heteroatoms. The van der Waals surface area contributed by atoms with Crippen molar-refractivity contribution >= 4 is 5.69 Å². The number of pyridine rings is 1. The van der Waals surface area contributed by atoms with Crippen molar-refractivity contribution in [3.63, 3.8) is 0 Å². The Morgan fingerprint density at radius 3 is 2.92 bits per heavy atom. The summed E-state index contributed by atoms with van der Waals surface area (Å²) >= 11 is 0. The van der Waals surface area contributed by atoms with Gasteiger partial charge in [-0.1, -0.05) is 0 Å². The minimum Gasteiger partial charge on any atom is -0.505 e. The number of nitrogens with one attached hydrogen (secondary N) is 1. The van der Waals surface area contributed by atoms with Crippen LogP contribution >= 0.6 is 0 Å². The molecule has 0 bridgehead atoms. The van der Waals surface area contributed by atoms with Crippen LogP contribution in [0.3, 0.4) is 0 Å². The summed E-state index contributed by atoms with van der Waals surface area (Å²) in [4.78, 5) is 15.8. The third-order valence-corrected chi connectivity index (χ3v) is 1.45. The second kappa shape index (κ2) is 3.27. The van der Waals surface area contributed by atoms with Gasteiger partial charge in [-0.25, -0.2) is 0 Å². The monoisotopic (exact) mass is 170 g/mol. The Balaban J connectivity index is 3.24. The maximum Gasteiger partial charge on any atom is 0.279 e. The SMILES string of the molecule is CONc1c(O)ccn(C)c1=O. The van der Waals surface area contributed by atoms with E-state index in [1.165, 1.54) is 23.9 Å². The van der Waals surface area contributed by atoms with E-state index in [4.69, 9.17) is 0 Å². The van der Waals surface area contributed by atoms with Crippen LogP contribution in [0.4, 0.5) is 5.69 Å². The standard InChI is InChI=1S/C7H10N2O3/c1-9-4-3-5(10)6(7(9)11)8-12-2/h3-4,8,10H,1-2H3. The van der Waals surface area contributed by atoms with E-state index >= 15 is 0 Å². The normalized spacial score (nSPS) is 9.83. The number of hydrogen-bond donors (Lipinski definition) is 2. The fraction of sp³-hybridized carbons (Fsp3) is 0.286. The molecule has 0 aromatic carbocycles. The van der Waals surface area contributed by atoms with Crippen LogP contribution in [-0.2, 0) is 11.9 Å². The van der Waals surface area contributed by atoms with Crippen molar-refractivity contribution in [3.8, 4) is 5.75 Å². The number of aryl methyl sites for hydroxylation is 1. The van der Waals surface area contributed by atoms with Gasteiger partial charge in [0.1, 0.15) is 5.75 Å². The van der Waals surface area contributed by atoms with Crippen LogP contribution in [0, 0.1) is 0 Å². The lowest BCUT2D eigenvalue weighted by atomic mass is 10.4. The van der Waals surface area contributed by atoms with E-state index in [0.29, 0.717) is 0 Å². The molecule has 0 saturated heterocycles. The molecule has 0 amide bonds. The maximum atomic E-state index is 11.2. The predicted molar refractivity (Wildman–Crippen MR) is 44.0 cm³/mol. The molecule has 0 aliphatic carbocycles. The Kier molecular flexibility index (Phi) is 2.35. The fourth-order valence-corrected chi connectivity index (χ4v) is 0.817. The van der Waals surface area contributed by atoms with Gasteiger partial charge < -0.3 is 9.67 Å². The van der Waals surface area contributed by atoms with Crippen LogP contribution in [0.5, 0.6) is 5.75 Å². The lowest BCUT2D eigenvalue weighted by molar-refractivity contribution is 0.267. The summed E-state index contributed by atoms with van der Waals surface area (Å²) in [5, 5.41) is 9.19. The molecular formula is C7H10N2O3. The molecule has 0 unspecified atom stereocenters. The van der Waals surface area contributed by atoms with Gasteiger partial charge in [-0.3, -0.25) is 15.1 Å². The molecule has 12 heavy (non-hydrogen) atoms. The highest BCUT2D eigenvalue weighted by Crippen LogP contribution is 2.15. The molecule has 0 saturated carbocycles. The molecule has 0 aliphatic heterocycles. The van der Waals surface area contributed by atoms with Crippen molar-refractivity contribution in [1.82, 2.24) is 4.57 Å². The summed E-state index contributed by atoms with van der Waals surface area (Å²) in [7, 11) is 2.95. The number of hydrogen-bond acceptors (Lipinski definition) is 4. The molecule has 0 atom stereocenters. The zero-order valence-electron chi connectivity index (χ0n) is 6.87. The molecule has 0 radical (unpaired) electrons. The average molecular weight is 170 g/mol. The van der Waals surface area contributed by atoms with Crippen molar-refractivity contribution in [1.29, 1.82) is 0 Å². The lowest BCUT2D eigenvalue weighted by Crippen LogP contribution is -2.19. The summed E-state index contributed by atoms with van der Waals surface area (Å²) < 4.78 is 1.33. The summed E-state index contributed by atoms with van der Waals surface area (Å²) in [5.74, 6) is -0.125. The molecule has 2 N–H and O–H groups in total. The fourth-order valence-electron chi connectivity index (χ4n) is 0.817. The Morgan fingerprint density at radius 2 is 2.33 bits per heavy atom. The lowest BCUT2D eigenvalue weighted by Gasteiger charge is -2.05. The van der Waals surface area contributed by atoms with Gasteiger partial charge in [0.05, 0.1) is 7.11 Å². The predicted octanol–water partition coefficient (Wildman–Crippen LogP) is 0.0642. The first-order chi connectivity index (χ1) is 5.66. The number of aromatic hydroxyl groups is 1. The summed E-state index contributed by atoms with van der Waals surface area (Å²) in [6.45, 7) is 0. The van der Waals surface area contributed by atoms with Crippen molar-refractivity contribution in [2.75, 3.05) is 12.6 Å². The molecule has 0 spiro atoms. The molecule has 1 heterocycles. The minimum atomic E-state index is -0.336. The zero-order chi connectivity index (χ0) is 9.14. The molecule has 5 nitrogen and oxygen atoms in total. The van der Waals surface area contributed by atoms with Crippen molar-refractivity contribution in [3.05, 3.63) is 22.6 Å². The molecular weight excluding hydrogens is 160 g/mol. The maximum absolute atomic E-state index is 11.2. The second-order valence-electron chi connectivity index (χ2n) is 2.30. The largest absolute Gasteiger partial charge is 0.505 e. The smallest absolute Gasteiger partial charge is 0.279 e. The molecule has 1 aromatic heterocycles. The van der Waals surface area contributed by atoms with Gasteiger partial charge in [0.2, 0.25) is 0 Å². The van der Waals surface area contributed by atoms with Gasteiger partial charge >= 0.3 is 0 Å². The van der Waals surface area contributed by atoms with E-state index in [-0.39, 0.29) is 17.0 Å². The van der Waals surface area contributed by atoms with Gasteiger partial charge in [-0.05, 0) is 6.07 Å². The number of nitrogens with zero attached hydrogens (tertiary/aromatic N) is 1. The van der Waals surface area contributed by atoms with Crippen molar-refractivity contribution in [2.24, 2.45) is 7.05 Å². The van der Waals surface area contributed by atoms with E-state index in [0.717, 1.165) is 0 Å². The third-order valence-electron chi connectivity index (χ3n) is 1.45.